The molecule has 3 rings (SSSR count). The van der Waals surface area contributed by atoms with Crippen LogP contribution in [0.2, 0.25) is 0 Å². The van der Waals surface area contributed by atoms with Crippen molar-refractivity contribution in [2.75, 3.05) is 4.90 Å². The summed E-state index contributed by atoms with van der Waals surface area (Å²) in [5.41, 5.74) is 3.04. The lowest BCUT2D eigenvalue weighted by Gasteiger charge is -2.17. The third-order valence-corrected chi connectivity index (χ3v) is 4.13. The lowest BCUT2D eigenvalue weighted by atomic mass is 10.0. The molecule has 1 amide bonds. The lowest BCUT2D eigenvalue weighted by Crippen LogP contribution is -2.23. The molecule has 0 fully saturated rings. The van der Waals surface area contributed by atoms with Gasteiger partial charge in [0, 0.05) is 5.69 Å². The zero-order valence-corrected chi connectivity index (χ0v) is 12.5. The Labute approximate surface area is 133 Å². The number of nitriles is 1. The van der Waals surface area contributed by atoms with Crippen molar-refractivity contribution in [3.05, 3.63) is 64.7 Å². The van der Waals surface area contributed by atoms with Crippen molar-refractivity contribution in [3.8, 4) is 6.07 Å². The number of carboxylic acids is 1. The summed E-state index contributed by atoms with van der Waals surface area (Å²) in [5.74, 6) is -1.68. The highest BCUT2D eigenvalue weighted by atomic mass is 16.4. The van der Waals surface area contributed by atoms with Crippen LogP contribution in [0.15, 0.2) is 42.5 Å². The van der Waals surface area contributed by atoms with E-state index in [0.717, 1.165) is 5.56 Å². The van der Waals surface area contributed by atoms with Crippen molar-refractivity contribution in [1.82, 2.24) is 0 Å². The summed E-state index contributed by atoms with van der Waals surface area (Å²) >= 11 is 0. The first kappa shape index (κ1) is 14.8. The van der Waals surface area contributed by atoms with Crippen LogP contribution in [0.4, 0.5) is 5.69 Å². The van der Waals surface area contributed by atoms with Crippen molar-refractivity contribution < 1.29 is 14.7 Å². The third-order valence-electron chi connectivity index (χ3n) is 4.13. The molecule has 1 N–H and O–H groups in total. The van der Waals surface area contributed by atoms with Gasteiger partial charge in [0.1, 0.15) is 0 Å². The first-order chi connectivity index (χ1) is 11.0. The maximum atomic E-state index is 12.6. The van der Waals surface area contributed by atoms with Gasteiger partial charge in [0.15, 0.2) is 0 Å². The van der Waals surface area contributed by atoms with E-state index in [4.69, 9.17) is 10.4 Å². The van der Waals surface area contributed by atoms with E-state index in [9.17, 15) is 9.59 Å². The van der Waals surface area contributed by atoms with Gasteiger partial charge in [0.25, 0.3) is 5.91 Å². The first-order valence-corrected chi connectivity index (χ1v) is 7.19. The molecule has 0 saturated heterocycles. The molecule has 114 valence electrons. The van der Waals surface area contributed by atoms with Gasteiger partial charge >= 0.3 is 5.97 Å². The van der Waals surface area contributed by atoms with E-state index in [2.05, 4.69) is 6.07 Å². The van der Waals surface area contributed by atoms with E-state index in [1.807, 2.05) is 6.07 Å². The van der Waals surface area contributed by atoms with Gasteiger partial charge in [-0.25, -0.2) is 0 Å². The molecule has 1 heterocycles. The summed E-state index contributed by atoms with van der Waals surface area (Å²) in [6.45, 7) is 2.03. The minimum Gasteiger partial charge on any atom is -0.481 e. The largest absolute Gasteiger partial charge is 0.481 e. The van der Waals surface area contributed by atoms with Crippen LogP contribution in [0.25, 0.3) is 0 Å². The monoisotopic (exact) mass is 306 g/mol. The Kier molecular flexibility index (Phi) is 3.59. The average molecular weight is 306 g/mol. The number of carbonyl (C=O) groups is 2. The summed E-state index contributed by atoms with van der Waals surface area (Å²) in [6, 6.07) is 14.2. The second-order valence-electron chi connectivity index (χ2n) is 5.49. The number of nitrogens with zero attached hydrogens (tertiary/aromatic N) is 2. The van der Waals surface area contributed by atoms with Crippen LogP contribution >= 0.6 is 0 Å². The number of carboxylic acid groups (broad SMARTS) is 1. The standard InChI is InChI=1S/C18H14N2O3/c1-11(18(22)23)12-5-7-15(8-6-12)20-10-14-4-2-3-13(9-19)16(14)17(20)21/h2-8,11H,10H2,1H3,(H,22,23). The van der Waals surface area contributed by atoms with E-state index in [1.165, 1.54) is 0 Å². The maximum absolute atomic E-state index is 12.6. The second-order valence-corrected chi connectivity index (χ2v) is 5.49. The molecule has 1 aliphatic heterocycles. The predicted molar refractivity (Wildman–Crippen MR) is 84.2 cm³/mol. The zero-order valence-electron chi connectivity index (χ0n) is 12.5. The number of fused-ring (bicyclic) bond motifs is 1. The molecule has 0 spiro atoms. The SMILES string of the molecule is CC(C(=O)O)c1ccc(N2Cc3cccc(C#N)c3C2=O)cc1. The third kappa shape index (κ3) is 2.44. The van der Waals surface area contributed by atoms with Gasteiger partial charge in [-0.2, -0.15) is 5.26 Å². The fourth-order valence-electron chi connectivity index (χ4n) is 2.75. The van der Waals surface area contributed by atoms with Gasteiger partial charge in [-0.15, -0.1) is 0 Å². The summed E-state index contributed by atoms with van der Waals surface area (Å²) in [7, 11) is 0. The van der Waals surface area contributed by atoms with E-state index < -0.39 is 11.9 Å². The lowest BCUT2D eigenvalue weighted by molar-refractivity contribution is -0.138. The summed E-state index contributed by atoms with van der Waals surface area (Å²) < 4.78 is 0. The highest BCUT2D eigenvalue weighted by Gasteiger charge is 2.30. The van der Waals surface area contributed by atoms with Crippen LogP contribution < -0.4 is 4.90 Å². The molecule has 0 aromatic heterocycles. The number of amides is 1. The van der Waals surface area contributed by atoms with Crippen molar-refractivity contribution in [3.63, 3.8) is 0 Å². The molecule has 1 atom stereocenters. The molecule has 1 aliphatic rings. The number of rotatable bonds is 3. The van der Waals surface area contributed by atoms with E-state index in [0.29, 0.717) is 28.9 Å². The number of aliphatic carboxylic acids is 1. The number of hydrogen-bond acceptors (Lipinski definition) is 3. The highest BCUT2D eigenvalue weighted by Crippen LogP contribution is 2.31. The molecule has 2 aromatic rings. The Hall–Kier alpha value is -3.13. The molecular formula is C18H14N2O3. The summed E-state index contributed by atoms with van der Waals surface area (Å²) in [6.07, 6.45) is 0. The molecule has 5 heteroatoms. The van der Waals surface area contributed by atoms with Gasteiger partial charge in [0.05, 0.1) is 29.7 Å². The minimum absolute atomic E-state index is 0.198. The van der Waals surface area contributed by atoms with Gasteiger partial charge in [-0.1, -0.05) is 24.3 Å². The number of hydrogen-bond donors (Lipinski definition) is 1. The number of benzene rings is 2. The Morgan fingerprint density at radius 1 is 1.26 bits per heavy atom. The van der Waals surface area contributed by atoms with Crippen LogP contribution in [0.1, 0.15) is 39.9 Å². The Morgan fingerprint density at radius 2 is 1.96 bits per heavy atom. The van der Waals surface area contributed by atoms with Crippen molar-refractivity contribution in [2.24, 2.45) is 0 Å². The maximum Gasteiger partial charge on any atom is 0.310 e. The number of anilines is 1. The van der Waals surface area contributed by atoms with Gasteiger partial charge in [0.2, 0.25) is 0 Å². The molecule has 0 bridgehead atoms. The second kappa shape index (κ2) is 5.58. The molecule has 1 unspecified atom stereocenters. The predicted octanol–water partition coefficient (Wildman–Crippen LogP) is 2.91. The molecule has 0 radical (unpaired) electrons. The van der Waals surface area contributed by atoms with Crippen LogP contribution in [-0.2, 0) is 11.3 Å². The van der Waals surface area contributed by atoms with Crippen molar-refractivity contribution in [1.29, 1.82) is 5.26 Å². The van der Waals surface area contributed by atoms with Gasteiger partial charge in [-0.3, -0.25) is 9.59 Å². The average Bonchev–Trinajstić information content (AvgIpc) is 2.91. The van der Waals surface area contributed by atoms with Crippen LogP contribution in [-0.4, -0.2) is 17.0 Å². The molecule has 5 nitrogen and oxygen atoms in total. The molecular weight excluding hydrogens is 292 g/mol. The number of carbonyl (C=O) groups excluding carboxylic acids is 1. The molecule has 0 aliphatic carbocycles. The van der Waals surface area contributed by atoms with Crippen LogP contribution in [0.5, 0.6) is 0 Å². The van der Waals surface area contributed by atoms with Crippen molar-refractivity contribution >= 4 is 17.6 Å². The molecule has 0 saturated carbocycles. The zero-order chi connectivity index (χ0) is 16.6. The first-order valence-electron chi connectivity index (χ1n) is 7.19. The Morgan fingerprint density at radius 3 is 2.57 bits per heavy atom. The van der Waals surface area contributed by atoms with E-state index >= 15 is 0 Å². The quantitative estimate of drug-likeness (QED) is 0.945. The van der Waals surface area contributed by atoms with Crippen LogP contribution in [0, 0.1) is 11.3 Å². The van der Waals surface area contributed by atoms with E-state index in [-0.39, 0.29) is 5.91 Å². The molecule has 23 heavy (non-hydrogen) atoms. The van der Waals surface area contributed by atoms with Crippen LogP contribution in [0.3, 0.4) is 0 Å². The summed E-state index contributed by atoms with van der Waals surface area (Å²) in [5, 5.41) is 18.2. The Bertz CT molecular complexity index is 834. The highest BCUT2D eigenvalue weighted by molar-refractivity contribution is 6.11. The van der Waals surface area contributed by atoms with E-state index in [1.54, 1.807) is 48.2 Å². The topological polar surface area (TPSA) is 81.4 Å². The smallest absolute Gasteiger partial charge is 0.310 e. The minimum atomic E-state index is -0.888. The van der Waals surface area contributed by atoms with Crippen molar-refractivity contribution in [2.45, 2.75) is 19.4 Å². The normalized spacial score (nSPS) is 14.3. The fraction of sp³-hybridized carbons (Fsp3) is 0.167. The van der Waals surface area contributed by atoms with Gasteiger partial charge < -0.3 is 10.0 Å². The fourth-order valence-corrected chi connectivity index (χ4v) is 2.75. The summed E-state index contributed by atoms with van der Waals surface area (Å²) in [4.78, 5) is 25.2. The van der Waals surface area contributed by atoms with Gasteiger partial charge in [-0.05, 0) is 36.2 Å². The Balaban J connectivity index is 1.92. The molecule has 2 aromatic carbocycles.